The number of fused-ring (bicyclic) bond motifs is 2. The van der Waals surface area contributed by atoms with Crippen LogP contribution in [0.4, 0.5) is 30.5 Å². The van der Waals surface area contributed by atoms with Gasteiger partial charge in [-0.05, 0) is 51.7 Å². The highest BCUT2D eigenvalue weighted by atomic mass is 32.2. The number of hydrogen-bond acceptors (Lipinski definition) is 8. The van der Waals surface area contributed by atoms with Gasteiger partial charge in [0.05, 0.1) is 23.0 Å². The highest BCUT2D eigenvalue weighted by molar-refractivity contribution is 7.93. The third kappa shape index (κ3) is 5.55. The number of hydrogen-bond donors (Lipinski definition) is 1. The van der Waals surface area contributed by atoms with Crippen molar-refractivity contribution in [1.29, 1.82) is 0 Å². The van der Waals surface area contributed by atoms with Crippen LogP contribution in [0.5, 0.6) is 0 Å². The Kier molecular flexibility index (Phi) is 8.48. The Morgan fingerprint density at radius 1 is 1.07 bits per heavy atom. The lowest BCUT2D eigenvalue weighted by molar-refractivity contribution is -0.0438. The molecule has 3 aromatic rings. The molecule has 240 valence electrons. The summed E-state index contributed by atoms with van der Waals surface area (Å²) in [4.78, 5) is 24.6. The minimum Gasteiger partial charge on any atom is -0.359 e. The van der Waals surface area contributed by atoms with E-state index < -0.39 is 34.0 Å². The number of aryl methyl sites for hydroxylation is 1. The number of nitrogens with two attached hydrogens (primary N) is 1. The number of nitrogens with zero attached hydrogens (tertiary/aromatic N) is 7. The van der Waals surface area contributed by atoms with Crippen molar-refractivity contribution in [3.63, 3.8) is 0 Å². The minimum atomic E-state index is -5.80. The fourth-order valence-electron chi connectivity index (χ4n) is 6.23. The van der Waals surface area contributed by atoms with Gasteiger partial charge in [-0.2, -0.15) is 31.2 Å². The molecule has 0 aliphatic carbocycles. The van der Waals surface area contributed by atoms with Crippen molar-refractivity contribution in [3.8, 4) is 0 Å². The molecule has 15 heteroatoms. The van der Waals surface area contributed by atoms with Crippen molar-refractivity contribution in [3.05, 3.63) is 46.6 Å². The van der Waals surface area contributed by atoms with E-state index in [2.05, 4.69) is 4.90 Å². The molecule has 2 aliphatic rings. The number of amides is 1. The number of carbonyl (C=O) groups excluding carboxylic acids is 1. The van der Waals surface area contributed by atoms with Crippen LogP contribution in [0.25, 0.3) is 5.65 Å². The summed E-state index contributed by atoms with van der Waals surface area (Å²) in [7, 11) is -2.37. The van der Waals surface area contributed by atoms with Crippen molar-refractivity contribution in [2.45, 2.75) is 64.0 Å². The molecule has 2 N–H and O–H groups in total. The smallest absolute Gasteiger partial charge is 0.359 e. The van der Waals surface area contributed by atoms with Crippen molar-refractivity contribution in [2.75, 3.05) is 54.4 Å². The molecule has 0 spiro atoms. The van der Waals surface area contributed by atoms with E-state index in [1.165, 1.54) is 23.1 Å². The zero-order valence-corrected chi connectivity index (χ0v) is 26.4. The molecule has 1 unspecified atom stereocenters. The zero-order valence-electron chi connectivity index (χ0n) is 25.6. The average molecular weight is 637 g/mol. The molecule has 11 nitrogen and oxygen atoms in total. The Hall–Kier alpha value is -3.59. The normalized spacial score (nSPS) is 20.8. The van der Waals surface area contributed by atoms with Gasteiger partial charge >= 0.3 is 15.5 Å². The van der Waals surface area contributed by atoms with Crippen LogP contribution in [0.1, 0.15) is 65.8 Å². The minimum absolute atomic E-state index is 0.0335. The Balaban J connectivity index is 1.69. The molecule has 44 heavy (non-hydrogen) atoms. The lowest BCUT2D eigenvalue weighted by atomic mass is 10.0. The number of alkyl halides is 3. The van der Waals surface area contributed by atoms with Crippen LogP contribution in [0.3, 0.4) is 0 Å². The second-order valence-electron chi connectivity index (χ2n) is 11.7. The quantitative estimate of drug-likeness (QED) is 0.459. The van der Waals surface area contributed by atoms with Crippen LogP contribution in [-0.4, -0.2) is 85.6 Å². The van der Waals surface area contributed by atoms with E-state index in [0.717, 1.165) is 30.2 Å². The summed E-state index contributed by atoms with van der Waals surface area (Å²) in [6, 6.07) is 5.51. The average Bonchev–Trinajstić information content (AvgIpc) is 3.57. The number of sulfonamides is 1. The van der Waals surface area contributed by atoms with E-state index in [1.807, 2.05) is 31.9 Å². The van der Waals surface area contributed by atoms with Crippen molar-refractivity contribution in [1.82, 2.24) is 19.5 Å². The molecule has 2 aromatic heterocycles. The number of halogens is 3. The van der Waals surface area contributed by atoms with Gasteiger partial charge in [0.1, 0.15) is 11.6 Å². The summed E-state index contributed by atoms with van der Waals surface area (Å²) in [5.41, 5.74) is 2.87. The number of anilines is 3. The first kappa shape index (κ1) is 31.8. The lowest BCUT2D eigenvalue weighted by Gasteiger charge is -2.30. The van der Waals surface area contributed by atoms with Gasteiger partial charge in [-0.15, -0.1) is 0 Å². The lowest BCUT2D eigenvalue weighted by Crippen LogP contribution is -2.43. The topological polar surface area (TPSA) is 120 Å². The molecule has 4 heterocycles. The summed E-state index contributed by atoms with van der Waals surface area (Å²) in [6.45, 7) is 6.90. The first-order chi connectivity index (χ1) is 20.7. The Bertz CT molecular complexity index is 1680. The van der Waals surface area contributed by atoms with Crippen molar-refractivity contribution >= 4 is 38.9 Å². The maximum Gasteiger partial charge on any atom is 0.516 e. The first-order valence-corrected chi connectivity index (χ1v) is 16.2. The molecule has 2 bridgehead atoms. The van der Waals surface area contributed by atoms with Gasteiger partial charge in [0.2, 0.25) is 0 Å². The first-order valence-electron chi connectivity index (χ1n) is 14.7. The molecular weight excluding hydrogens is 597 g/mol. The largest absolute Gasteiger partial charge is 0.516 e. The van der Waals surface area contributed by atoms with E-state index in [9.17, 15) is 26.4 Å². The molecular formula is C29H39F3N8O3S. The third-order valence-electron chi connectivity index (χ3n) is 8.54. The van der Waals surface area contributed by atoms with Crippen molar-refractivity contribution in [2.24, 2.45) is 5.73 Å². The van der Waals surface area contributed by atoms with E-state index in [-0.39, 0.29) is 23.7 Å². The van der Waals surface area contributed by atoms with Gasteiger partial charge in [-0.3, -0.25) is 9.10 Å². The molecule has 1 amide bonds. The predicted molar refractivity (Wildman–Crippen MR) is 164 cm³/mol. The maximum absolute atomic E-state index is 14.1. The summed E-state index contributed by atoms with van der Waals surface area (Å²) in [5, 5.41) is 4.92. The van der Waals surface area contributed by atoms with E-state index in [4.69, 9.17) is 15.8 Å². The molecule has 1 saturated heterocycles. The SMILES string of the molecule is CCC1c2cc3nc(N4CC[C@@H](N)C4)c(C)c(n3n2)N(C)CCCCN(S(=O)(=O)C(F)(F)F)c2ccc(C)cc2C(=O)N1C. The highest BCUT2D eigenvalue weighted by Gasteiger charge is 2.51. The number of rotatable bonds is 3. The van der Waals surface area contributed by atoms with Crippen LogP contribution >= 0.6 is 0 Å². The van der Waals surface area contributed by atoms with E-state index in [1.54, 1.807) is 18.5 Å². The van der Waals surface area contributed by atoms with Gasteiger partial charge in [-0.1, -0.05) is 18.6 Å². The van der Waals surface area contributed by atoms with Gasteiger partial charge in [0.25, 0.3) is 5.91 Å². The van der Waals surface area contributed by atoms with Crippen LogP contribution in [0.2, 0.25) is 0 Å². The van der Waals surface area contributed by atoms with Crippen molar-refractivity contribution < 1.29 is 26.4 Å². The fourth-order valence-corrected chi connectivity index (χ4v) is 7.27. The summed E-state index contributed by atoms with van der Waals surface area (Å²) < 4.78 is 69.8. The number of benzene rings is 1. The van der Waals surface area contributed by atoms with Crippen LogP contribution < -0.4 is 19.8 Å². The van der Waals surface area contributed by atoms with Crippen LogP contribution in [-0.2, 0) is 10.0 Å². The monoisotopic (exact) mass is 636 g/mol. The standard InChI is InChI=1S/C29H39F3N8O3S/c1-6-23-22-16-25-34-26(38-14-11-20(33)17-38)19(3)27(40(25)35-22)36(4)12-7-8-13-39(44(42,43)29(30,31)32)24-10-9-18(2)15-21(24)28(41)37(23)5/h9-10,15-16,20,23H,6-8,11-14,17,33H2,1-5H3/t20-,23?/m1/s1. The Labute approximate surface area is 255 Å². The highest BCUT2D eigenvalue weighted by Crippen LogP contribution is 2.37. The fraction of sp³-hybridized carbons (Fsp3) is 0.552. The summed E-state index contributed by atoms with van der Waals surface area (Å²) >= 11 is 0. The molecule has 5 rings (SSSR count). The van der Waals surface area contributed by atoms with E-state index in [0.29, 0.717) is 47.1 Å². The summed E-state index contributed by atoms with van der Waals surface area (Å²) in [6.07, 6.45) is 1.76. The van der Waals surface area contributed by atoms with Gasteiger partial charge in [-0.25, -0.2) is 4.98 Å². The Morgan fingerprint density at radius 3 is 2.41 bits per heavy atom. The molecule has 2 aliphatic heterocycles. The van der Waals surface area contributed by atoms with Gasteiger partial charge in [0, 0.05) is 57.9 Å². The summed E-state index contributed by atoms with van der Waals surface area (Å²) in [5.74, 6) is 0.927. The second-order valence-corrected chi connectivity index (χ2v) is 13.6. The van der Waals surface area contributed by atoms with Gasteiger partial charge < -0.3 is 20.4 Å². The van der Waals surface area contributed by atoms with E-state index >= 15 is 0 Å². The Morgan fingerprint density at radius 2 is 1.77 bits per heavy atom. The molecule has 1 aromatic carbocycles. The van der Waals surface area contributed by atoms with Crippen LogP contribution in [0, 0.1) is 13.8 Å². The van der Waals surface area contributed by atoms with Gasteiger partial charge in [0.15, 0.2) is 5.65 Å². The van der Waals surface area contributed by atoms with Crippen LogP contribution in [0.15, 0.2) is 24.3 Å². The maximum atomic E-state index is 14.1. The third-order valence-corrected chi connectivity index (χ3v) is 10.1. The number of carbonyl (C=O) groups is 1. The molecule has 0 saturated carbocycles. The predicted octanol–water partition coefficient (Wildman–Crippen LogP) is 3.99. The molecule has 2 atom stereocenters. The molecule has 0 radical (unpaired) electrons. The molecule has 1 fully saturated rings. The number of aromatic nitrogens is 3. The zero-order chi connectivity index (χ0) is 32.1. The second kappa shape index (κ2) is 11.7.